The van der Waals surface area contributed by atoms with E-state index in [0.29, 0.717) is 11.3 Å². The third kappa shape index (κ3) is 3.48. The van der Waals surface area contributed by atoms with Gasteiger partial charge in [-0.1, -0.05) is 6.07 Å². The maximum Gasteiger partial charge on any atom is 0.253 e. The predicted octanol–water partition coefficient (Wildman–Crippen LogP) is 2.40. The molecule has 19 heavy (non-hydrogen) atoms. The second-order valence-corrected chi connectivity index (χ2v) is 5.46. The third-order valence-corrected chi connectivity index (χ3v) is 3.65. The van der Waals surface area contributed by atoms with Gasteiger partial charge in [0, 0.05) is 23.0 Å². The molecule has 1 heterocycles. The molecule has 100 valence electrons. The van der Waals surface area contributed by atoms with Crippen LogP contribution in [0.2, 0.25) is 0 Å². The first-order valence-electron chi connectivity index (χ1n) is 5.98. The molecule has 4 nitrogen and oxygen atoms in total. The number of nitrogen functional groups attached to an aromatic ring is 1. The molecule has 2 aromatic rings. The molecule has 0 radical (unpaired) electrons. The maximum atomic E-state index is 12.1. The van der Waals surface area contributed by atoms with E-state index in [1.54, 1.807) is 11.3 Å². The Labute approximate surface area is 115 Å². The Balaban J connectivity index is 2.02. The standard InChI is InChI=1S/C14H16N2O2S/c1-9(7-11-3-2-6-19-11)16-14(18)12-8-10(17)4-5-13(12)15/h2-6,8-9,17H,7,15H2,1H3,(H,16,18). The fraction of sp³-hybridized carbons (Fsp3) is 0.214. The molecule has 0 bridgehead atoms. The number of hydrogen-bond donors (Lipinski definition) is 3. The van der Waals surface area contributed by atoms with E-state index in [1.807, 2.05) is 24.4 Å². The van der Waals surface area contributed by atoms with Gasteiger partial charge < -0.3 is 16.2 Å². The minimum atomic E-state index is -0.266. The highest BCUT2D eigenvalue weighted by molar-refractivity contribution is 7.09. The quantitative estimate of drug-likeness (QED) is 0.593. The Morgan fingerprint density at radius 2 is 2.26 bits per heavy atom. The summed E-state index contributed by atoms with van der Waals surface area (Å²) in [6, 6.07) is 8.39. The number of benzene rings is 1. The zero-order valence-corrected chi connectivity index (χ0v) is 11.4. The van der Waals surface area contributed by atoms with Crippen molar-refractivity contribution >= 4 is 22.9 Å². The summed E-state index contributed by atoms with van der Waals surface area (Å²) in [5.74, 6) is -0.234. The molecule has 0 aliphatic heterocycles. The number of nitrogens with one attached hydrogen (secondary N) is 1. The molecule has 0 aliphatic carbocycles. The number of rotatable bonds is 4. The third-order valence-electron chi connectivity index (χ3n) is 2.75. The van der Waals surface area contributed by atoms with Crippen LogP contribution in [0.3, 0.4) is 0 Å². The average molecular weight is 276 g/mol. The van der Waals surface area contributed by atoms with Crippen LogP contribution in [0.15, 0.2) is 35.7 Å². The molecule has 1 amide bonds. The predicted molar refractivity (Wildman–Crippen MR) is 77.5 cm³/mol. The van der Waals surface area contributed by atoms with Crippen LogP contribution in [0.4, 0.5) is 5.69 Å². The van der Waals surface area contributed by atoms with Crippen LogP contribution in [-0.4, -0.2) is 17.1 Å². The second-order valence-electron chi connectivity index (χ2n) is 4.43. The van der Waals surface area contributed by atoms with E-state index in [4.69, 9.17) is 5.73 Å². The van der Waals surface area contributed by atoms with Crippen LogP contribution < -0.4 is 11.1 Å². The van der Waals surface area contributed by atoms with Crippen molar-refractivity contribution in [3.8, 4) is 5.75 Å². The van der Waals surface area contributed by atoms with E-state index >= 15 is 0 Å². The molecule has 0 aliphatic rings. The smallest absolute Gasteiger partial charge is 0.253 e. The summed E-state index contributed by atoms with van der Waals surface area (Å²) in [5.41, 5.74) is 6.40. The topological polar surface area (TPSA) is 75.3 Å². The first kappa shape index (κ1) is 13.4. The van der Waals surface area contributed by atoms with E-state index in [0.717, 1.165) is 6.42 Å². The van der Waals surface area contributed by atoms with Gasteiger partial charge in [0.25, 0.3) is 5.91 Å². The normalized spacial score (nSPS) is 12.1. The first-order valence-corrected chi connectivity index (χ1v) is 6.86. The van der Waals surface area contributed by atoms with E-state index < -0.39 is 0 Å². The zero-order valence-electron chi connectivity index (χ0n) is 10.6. The number of phenolic OH excluding ortho intramolecular Hbond substituents is 1. The Morgan fingerprint density at radius 3 is 2.95 bits per heavy atom. The highest BCUT2D eigenvalue weighted by Crippen LogP contribution is 2.18. The van der Waals surface area contributed by atoms with Gasteiger partial charge in [-0.15, -0.1) is 11.3 Å². The highest BCUT2D eigenvalue weighted by Gasteiger charge is 2.14. The maximum absolute atomic E-state index is 12.1. The molecular formula is C14H16N2O2S. The van der Waals surface area contributed by atoms with Gasteiger partial charge in [0.05, 0.1) is 5.56 Å². The van der Waals surface area contributed by atoms with Gasteiger partial charge in [-0.25, -0.2) is 0 Å². The van der Waals surface area contributed by atoms with Gasteiger partial charge in [0.2, 0.25) is 0 Å². The molecule has 2 rings (SSSR count). The summed E-state index contributed by atoms with van der Waals surface area (Å²) >= 11 is 1.66. The number of carbonyl (C=O) groups excluding carboxylic acids is 1. The summed E-state index contributed by atoms with van der Waals surface area (Å²) in [7, 11) is 0. The summed E-state index contributed by atoms with van der Waals surface area (Å²) in [4.78, 5) is 13.3. The van der Waals surface area contributed by atoms with E-state index in [2.05, 4.69) is 5.32 Å². The van der Waals surface area contributed by atoms with Crippen molar-refractivity contribution < 1.29 is 9.90 Å². The number of anilines is 1. The van der Waals surface area contributed by atoms with E-state index in [-0.39, 0.29) is 17.7 Å². The number of hydrogen-bond acceptors (Lipinski definition) is 4. The number of phenols is 1. The summed E-state index contributed by atoms with van der Waals surface area (Å²) in [5, 5.41) is 14.3. The monoisotopic (exact) mass is 276 g/mol. The molecule has 1 aromatic heterocycles. The van der Waals surface area contributed by atoms with Gasteiger partial charge in [-0.2, -0.15) is 0 Å². The molecule has 4 N–H and O–H groups in total. The second kappa shape index (κ2) is 5.75. The Kier molecular flexibility index (Phi) is 4.06. The van der Waals surface area contributed by atoms with Crippen molar-refractivity contribution in [3.05, 3.63) is 46.2 Å². The van der Waals surface area contributed by atoms with Crippen LogP contribution in [0.25, 0.3) is 0 Å². The fourth-order valence-corrected chi connectivity index (χ4v) is 2.66. The fourth-order valence-electron chi connectivity index (χ4n) is 1.82. The largest absolute Gasteiger partial charge is 0.508 e. The van der Waals surface area contributed by atoms with Crippen molar-refractivity contribution in [3.63, 3.8) is 0 Å². The lowest BCUT2D eigenvalue weighted by Crippen LogP contribution is -2.34. The molecule has 0 fully saturated rings. The molecule has 5 heteroatoms. The summed E-state index contributed by atoms with van der Waals surface area (Å²) < 4.78 is 0. The number of carbonyl (C=O) groups is 1. The Hall–Kier alpha value is -2.01. The van der Waals surface area contributed by atoms with Crippen LogP contribution in [-0.2, 0) is 6.42 Å². The molecule has 1 aromatic carbocycles. The van der Waals surface area contributed by atoms with Gasteiger partial charge >= 0.3 is 0 Å². The minimum absolute atomic E-state index is 0.00731. The first-order chi connectivity index (χ1) is 9.06. The van der Waals surface area contributed by atoms with Crippen molar-refractivity contribution in [1.29, 1.82) is 0 Å². The number of thiophene rings is 1. The Morgan fingerprint density at radius 1 is 1.47 bits per heavy atom. The number of amides is 1. The van der Waals surface area contributed by atoms with Gasteiger partial charge in [0.15, 0.2) is 0 Å². The van der Waals surface area contributed by atoms with Gasteiger partial charge in [-0.05, 0) is 36.6 Å². The molecule has 1 unspecified atom stereocenters. The number of nitrogens with two attached hydrogens (primary N) is 1. The summed E-state index contributed by atoms with van der Waals surface area (Å²) in [6.07, 6.45) is 0.780. The lowest BCUT2D eigenvalue weighted by atomic mass is 10.1. The molecule has 0 spiro atoms. The lowest BCUT2D eigenvalue weighted by Gasteiger charge is -2.14. The minimum Gasteiger partial charge on any atom is -0.508 e. The molecule has 0 saturated carbocycles. The van der Waals surface area contributed by atoms with Crippen LogP contribution >= 0.6 is 11.3 Å². The van der Waals surface area contributed by atoms with Crippen molar-refractivity contribution in [2.45, 2.75) is 19.4 Å². The zero-order chi connectivity index (χ0) is 13.8. The molecule has 0 saturated heterocycles. The van der Waals surface area contributed by atoms with Crippen molar-refractivity contribution in [2.75, 3.05) is 5.73 Å². The number of aromatic hydroxyl groups is 1. The Bertz CT molecular complexity index is 567. The van der Waals surface area contributed by atoms with E-state index in [1.165, 1.54) is 23.1 Å². The SMILES string of the molecule is CC(Cc1cccs1)NC(=O)c1cc(O)ccc1N. The van der Waals surface area contributed by atoms with Crippen LogP contribution in [0.1, 0.15) is 22.2 Å². The van der Waals surface area contributed by atoms with E-state index in [9.17, 15) is 9.90 Å². The highest BCUT2D eigenvalue weighted by atomic mass is 32.1. The van der Waals surface area contributed by atoms with Gasteiger partial charge in [0.1, 0.15) is 5.75 Å². The van der Waals surface area contributed by atoms with Crippen LogP contribution in [0, 0.1) is 0 Å². The van der Waals surface area contributed by atoms with Gasteiger partial charge in [-0.3, -0.25) is 4.79 Å². The molecule has 1 atom stereocenters. The van der Waals surface area contributed by atoms with Crippen molar-refractivity contribution in [1.82, 2.24) is 5.32 Å². The summed E-state index contributed by atoms with van der Waals surface area (Å²) in [6.45, 7) is 1.94. The average Bonchev–Trinajstić information content (AvgIpc) is 2.84. The van der Waals surface area contributed by atoms with Crippen molar-refractivity contribution in [2.24, 2.45) is 0 Å². The van der Waals surface area contributed by atoms with Crippen LogP contribution in [0.5, 0.6) is 5.75 Å². The molecular weight excluding hydrogens is 260 g/mol. The lowest BCUT2D eigenvalue weighted by molar-refractivity contribution is 0.0940.